The van der Waals surface area contributed by atoms with E-state index >= 15 is 0 Å². The van der Waals surface area contributed by atoms with Crippen LogP contribution in [0.5, 0.6) is 0 Å². The molecule has 33 heavy (non-hydrogen) atoms. The summed E-state index contributed by atoms with van der Waals surface area (Å²) in [5.74, 6) is -0.731. The molecule has 1 saturated heterocycles. The molecule has 0 spiro atoms. The molecule has 0 bridgehead atoms. The highest BCUT2D eigenvalue weighted by Crippen LogP contribution is 2.24. The number of imide groups is 1. The van der Waals surface area contributed by atoms with Crippen LogP contribution in [-0.2, 0) is 17.8 Å². The number of para-hydroxylation sites is 2. The van der Waals surface area contributed by atoms with Gasteiger partial charge in [0.25, 0.3) is 5.91 Å². The van der Waals surface area contributed by atoms with Gasteiger partial charge in [0.15, 0.2) is 5.78 Å². The number of ketones is 1. The number of Topliss-reactive ketones (excluding diaryl/α,β-unsaturated/α-hetero) is 1. The number of amides is 3. The fourth-order valence-electron chi connectivity index (χ4n) is 4.44. The molecule has 1 fully saturated rings. The van der Waals surface area contributed by atoms with Crippen LogP contribution in [0.1, 0.15) is 22.3 Å². The summed E-state index contributed by atoms with van der Waals surface area (Å²) in [5, 5.41) is 13.4. The molecule has 3 heterocycles. The summed E-state index contributed by atoms with van der Waals surface area (Å²) in [6.45, 7) is 0.126. The molecule has 0 saturated carbocycles. The van der Waals surface area contributed by atoms with Crippen LogP contribution in [-0.4, -0.2) is 44.8 Å². The zero-order valence-electron chi connectivity index (χ0n) is 17.7. The fraction of sp³-hybridized carbons (Fsp3) is 0.200. The van der Waals surface area contributed by atoms with Gasteiger partial charge in [0.05, 0.1) is 19.0 Å². The maximum Gasteiger partial charge on any atom is 0.325 e. The molecule has 164 valence electrons. The van der Waals surface area contributed by atoms with Gasteiger partial charge >= 0.3 is 6.03 Å². The van der Waals surface area contributed by atoms with Gasteiger partial charge in [-0.25, -0.2) is 4.79 Å². The number of carbonyl (C=O) groups is 3. The Bertz CT molecular complexity index is 1440. The number of urea groups is 1. The Morgan fingerprint density at radius 1 is 1.06 bits per heavy atom. The zero-order chi connectivity index (χ0) is 22.9. The number of hydrogen-bond acceptors (Lipinski definition) is 4. The number of rotatable bonds is 7. The largest absolute Gasteiger partial charge is 0.361 e. The molecule has 2 aromatic carbocycles. The predicted octanol–water partition coefficient (Wildman–Crippen LogP) is 3.38. The number of aryl methyl sites for hydroxylation is 1. The first-order chi connectivity index (χ1) is 16.1. The Balaban J connectivity index is 1.35. The van der Waals surface area contributed by atoms with Crippen LogP contribution in [0.25, 0.3) is 21.8 Å². The second kappa shape index (κ2) is 8.28. The molecule has 8 heteroatoms. The van der Waals surface area contributed by atoms with Crippen molar-refractivity contribution in [3.05, 3.63) is 72.1 Å². The van der Waals surface area contributed by atoms with Gasteiger partial charge in [-0.3, -0.25) is 14.5 Å². The Morgan fingerprint density at radius 3 is 2.64 bits per heavy atom. The highest BCUT2D eigenvalue weighted by molar-refractivity contribution is 6.13. The third kappa shape index (κ3) is 3.64. The second-order valence-corrected chi connectivity index (χ2v) is 8.07. The minimum atomic E-state index is -0.721. The van der Waals surface area contributed by atoms with Gasteiger partial charge in [0.2, 0.25) is 0 Å². The van der Waals surface area contributed by atoms with Gasteiger partial charge in [-0.1, -0.05) is 36.4 Å². The standard InChI is InChI=1S/C25H21N5O3/c26-10-5-11-29-14-19(18-7-2-4-9-22(18)29)23(31)15-30-24(32)21(28-25(30)33)12-16-13-27-20-8-3-1-6-17(16)20/h1-4,6-9,13-14,21,27H,5,11-12,15H2,(H,28,33). The minimum Gasteiger partial charge on any atom is -0.361 e. The number of benzene rings is 2. The van der Waals surface area contributed by atoms with Crippen LogP contribution in [0.3, 0.4) is 0 Å². The van der Waals surface area contributed by atoms with E-state index in [1.54, 1.807) is 6.20 Å². The lowest BCUT2D eigenvalue weighted by Crippen LogP contribution is -2.36. The first-order valence-corrected chi connectivity index (χ1v) is 10.7. The van der Waals surface area contributed by atoms with Crippen molar-refractivity contribution in [2.45, 2.75) is 25.4 Å². The average molecular weight is 439 g/mol. The molecule has 3 amide bonds. The second-order valence-electron chi connectivity index (χ2n) is 8.07. The number of fused-ring (bicyclic) bond motifs is 2. The monoisotopic (exact) mass is 439 g/mol. The number of aromatic amines is 1. The number of nitriles is 1. The van der Waals surface area contributed by atoms with Crippen molar-refractivity contribution in [3.8, 4) is 6.07 Å². The van der Waals surface area contributed by atoms with Gasteiger partial charge in [-0.15, -0.1) is 0 Å². The van der Waals surface area contributed by atoms with Crippen molar-refractivity contribution in [1.29, 1.82) is 5.26 Å². The minimum absolute atomic E-state index is 0.314. The van der Waals surface area contributed by atoms with Crippen LogP contribution in [0.4, 0.5) is 4.79 Å². The number of nitrogens with zero attached hydrogens (tertiary/aromatic N) is 3. The number of hydrogen-bond donors (Lipinski definition) is 2. The van der Waals surface area contributed by atoms with E-state index in [0.717, 1.165) is 32.3 Å². The average Bonchev–Trinajstić information content (AvgIpc) is 3.48. The third-order valence-electron chi connectivity index (χ3n) is 6.06. The number of carbonyl (C=O) groups excluding carboxylic acids is 3. The van der Waals surface area contributed by atoms with E-state index in [1.807, 2.05) is 59.3 Å². The van der Waals surface area contributed by atoms with Crippen molar-refractivity contribution in [1.82, 2.24) is 19.8 Å². The molecular formula is C25H21N5O3. The quantitative estimate of drug-likeness (QED) is 0.340. The molecule has 1 atom stereocenters. The summed E-state index contributed by atoms with van der Waals surface area (Å²) in [6.07, 6.45) is 4.20. The molecule has 8 nitrogen and oxygen atoms in total. The van der Waals surface area contributed by atoms with Crippen molar-refractivity contribution >= 4 is 39.5 Å². The van der Waals surface area contributed by atoms with Crippen LogP contribution in [0.15, 0.2) is 60.9 Å². The lowest BCUT2D eigenvalue weighted by molar-refractivity contribution is -0.127. The van der Waals surface area contributed by atoms with Crippen LogP contribution < -0.4 is 5.32 Å². The van der Waals surface area contributed by atoms with E-state index in [-0.39, 0.29) is 12.3 Å². The molecular weight excluding hydrogens is 418 g/mol. The number of aromatic nitrogens is 2. The smallest absolute Gasteiger partial charge is 0.325 e. The van der Waals surface area contributed by atoms with Crippen molar-refractivity contribution < 1.29 is 14.4 Å². The molecule has 2 aromatic heterocycles. The Labute approximate surface area is 189 Å². The number of H-pyrrole nitrogens is 1. The van der Waals surface area contributed by atoms with E-state index in [9.17, 15) is 14.4 Å². The molecule has 4 aromatic rings. The maximum absolute atomic E-state index is 13.1. The molecule has 1 unspecified atom stereocenters. The predicted molar refractivity (Wildman–Crippen MR) is 123 cm³/mol. The summed E-state index contributed by atoms with van der Waals surface area (Å²) in [7, 11) is 0. The Morgan fingerprint density at radius 2 is 1.82 bits per heavy atom. The lowest BCUT2D eigenvalue weighted by atomic mass is 10.0. The fourth-order valence-corrected chi connectivity index (χ4v) is 4.44. The van der Waals surface area contributed by atoms with E-state index in [2.05, 4.69) is 16.4 Å². The molecule has 0 radical (unpaired) electrons. The highest BCUT2D eigenvalue weighted by atomic mass is 16.2. The van der Waals surface area contributed by atoms with E-state index in [4.69, 9.17) is 5.26 Å². The van der Waals surface area contributed by atoms with E-state index < -0.39 is 18.0 Å². The first kappa shape index (κ1) is 20.5. The van der Waals surface area contributed by atoms with Gasteiger partial charge in [-0.05, 0) is 17.7 Å². The zero-order valence-corrected chi connectivity index (χ0v) is 17.7. The molecule has 0 aliphatic carbocycles. The summed E-state index contributed by atoms with van der Waals surface area (Å²) < 4.78 is 1.86. The maximum atomic E-state index is 13.1. The van der Waals surface area contributed by atoms with Crippen LogP contribution in [0, 0.1) is 11.3 Å². The lowest BCUT2D eigenvalue weighted by Gasteiger charge is -2.12. The normalized spacial score (nSPS) is 15.8. The van der Waals surface area contributed by atoms with Gasteiger partial charge < -0.3 is 14.9 Å². The van der Waals surface area contributed by atoms with Crippen molar-refractivity contribution in [3.63, 3.8) is 0 Å². The topological polar surface area (TPSA) is 111 Å². The SMILES string of the molecule is N#CCCn1cc(C(=O)CN2C(=O)NC(Cc3c[nH]c4ccccc34)C2=O)c2ccccc21. The van der Waals surface area contributed by atoms with Crippen molar-refractivity contribution in [2.24, 2.45) is 0 Å². The van der Waals surface area contributed by atoms with E-state index in [1.165, 1.54) is 0 Å². The molecule has 1 aliphatic rings. The van der Waals surface area contributed by atoms with Crippen LogP contribution >= 0.6 is 0 Å². The summed E-state index contributed by atoms with van der Waals surface area (Å²) in [6, 6.07) is 16.0. The van der Waals surface area contributed by atoms with Crippen molar-refractivity contribution in [2.75, 3.05) is 6.54 Å². The third-order valence-corrected chi connectivity index (χ3v) is 6.06. The first-order valence-electron chi connectivity index (χ1n) is 10.7. The summed E-state index contributed by atoms with van der Waals surface area (Å²) >= 11 is 0. The number of nitrogens with one attached hydrogen (secondary N) is 2. The van der Waals surface area contributed by atoms with Gasteiger partial charge in [-0.2, -0.15) is 5.26 Å². The highest BCUT2D eigenvalue weighted by Gasteiger charge is 2.39. The van der Waals surface area contributed by atoms with Crippen LogP contribution in [0.2, 0.25) is 0 Å². The molecule has 1 aliphatic heterocycles. The van der Waals surface area contributed by atoms with Gasteiger partial charge in [0.1, 0.15) is 6.04 Å². The summed E-state index contributed by atoms with van der Waals surface area (Å²) in [4.78, 5) is 42.8. The van der Waals surface area contributed by atoms with Gasteiger partial charge in [0, 0.05) is 52.7 Å². The Kier molecular flexibility index (Phi) is 5.15. The summed E-state index contributed by atoms with van der Waals surface area (Å²) in [5.41, 5.74) is 3.16. The molecule has 5 rings (SSSR count). The van der Waals surface area contributed by atoms with E-state index in [0.29, 0.717) is 24.9 Å². The molecule has 2 N–H and O–H groups in total. The Hall–Kier alpha value is -4.38.